The number of piperazine rings is 1. The molecule has 0 bridgehead atoms. The van der Waals surface area contributed by atoms with Gasteiger partial charge in [0.2, 0.25) is 5.91 Å². The van der Waals surface area contributed by atoms with Gasteiger partial charge in [0.1, 0.15) is 0 Å². The topological polar surface area (TPSA) is 74.8 Å². The van der Waals surface area contributed by atoms with Gasteiger partial charge in [-0.15, -0.1) is 0 Å². The number of amides is 2. The number of hydrogen-bond donors (Lipinski definition) is 0. The Morgan fingerprint density at radius 2 is 1.45 bits per heavy atom. The van der Waals surface area contributed by atoms with Crippen LogP contribution < -0.4 is 0 Å². The van der Waals surface area contributed by atoms with Gasteiger partial charge in [-0.05, 0) is 37.6 Å². The van der Waals surface area contributed by atoms with E-state index in [1.807, 2.05) is 44.2 Å². The van der Waals surface area contributed by atoms with Gasteiger partial charge in [-0.3, -0.25) is 9.59 Å². The first-order valence-electron chi connectivity index (χ1n) is 9.55. The van der Waals surface area contributed by atoms with Gasteiger partial charge in [0.05, 0.1) is 10.3 Å². The van der Waals surface area contributed by atoms with Crippen molar-refractivity contribution in [2.24, 2.45) is 0 Å². The molecule has 1 aliphatic heterocycles. The minimum Gasteiger partial charge on any atom is -0.338 e. The van der Waals surface area contributed by atoms with Gasteiger partial charge in [0.25, 0.3) is 5.91 Å². The van der Waals surface area contributed by atoms with Crippen LogP contribution in [0.4, 0.5) is 0 Å². The lowest BCUT2D eigenvalue weighted by Crippen LogP contribution is -2.54. The predicted molar refractivity (Wildman–Crippen MR) is 112 cm³/mol. The van der Waals surface area contributed by atoms with Crippen LogP contribution in [0, 0.1) is 0 Å². The molecule has 0 saturated carbocycles. The van der Waals surface area contributed by atoms with Crippen LogP contribution in [0.5, 0.6) is 0 Å². The van der Waals surface area contributed by atoms with E-state index in [1.165, 1.54) is 12.1 Å². The normalized spacial score (nSPS) is 15.3. The summed E-state index contributed by atoms with van der Waals surface area (Å²) in [5.74, 6) is -0.181. The first-order chi connectivity index (χ1) is 13.6. The van der Waals surface area contributed by atoms with Crippen molar-refractivity contribution >= 4 is 21.7 Å². The average molecular weight is 415 g/mol. The van der Waals surface area contributed by atoms with Gasteiger partial charge in [-0.2, -0.15) is 0 Å². The van der Waals surface area contributed by atoms with Crippen molar-refractivity contribution in [2.45, 2.75) is 24.2 Å². The fraction of sp³-hybridized carbons (Fsp3) is 0.364. The highest BCUT2D eigenvalue weighted by Gasteiger charge is 2.35. The van der Waals surface area contributed by atoms with Crippen molar-refractivity contribution in [1.82, 2.24) is 9.80 Å². The lowest BCUT2D eigenvalue weighted by Gasteiger charge is -2.38. The monoisotopic (exact) mass is 414 g/mol. The van der Waals surface area contributed by atoms with Gasteiger partial charge in [0.15, 0.2) is 9.84 Å². The van der Waals surface area contributed by atoms with Crippen LogP contribution in [-0.4, -0.2) is 62.5 Å². The molecule has 1 aliphatic rings. The van der Waals surface area contributed by atoms with E-state index in [0.29, 0.717) is 31.7 Å². The summed E-state index contributed by atoms with van der Waals surface area (Å²) in [6, 6.07) is 15.8. The molecule has 29 heavy (non-hydrogen) atoms. The Hall–Kier alpha value is -2.67. The second kappa shape index (κ2) is 7.99. The van der Waals surface area contributed by atoms with Gasteiger partial charge in [0, 0.05) is 38.0 Å². The molecule has 1 fully saturated rings. The number of sulfone groups is 1. The second-order valence-electron chi connectivity index (χ2n) is 7.88. The van der Waals surface area contributed by atoms with E-state index in [2.05, 4.69) is 0 Å². The van der Waals surface area contributed by atoms with Gasteiger partial charge >= 0.3 is 0 Å². The summed E-state index contributed by atoms with van der Waals surface area (Å²) >= 11 is 0. The molecular formula is C22H26N2O4S. The Morgan fingerprint density at radius 1 is 0.862 bits per heavy atom. The van der Waals surface area contributed by atoms with Crippen molar-refractivity contribution < 1.29 is 18.0 Å². The highest BCUT2D eigenvalue weighted by atomic mass is 32.2. The Balaban J connectivity index is 1.68. The Kier molecular flexibility index (Phi) is 5.80. The molecule has 3 rings (SSSR count). The highest BCUT2D eigenvalue weighted by Crippen LogP contribution is 2.26. The summed E-state index contributed by atoms with van der Waals surface area (Å²) in [7, 11) is -3.38. The van der Waals surface area contributed by atoms with E-state index in [4.69, 9.17) is 0 Å². The molecule has 0 unspecified atom stereocenters. The zero-order valence-corrected chi connectivity index (χ0v) is 17.8. The molecule has 0 radical (unpaired) electrons. The largest absolute Gasteiger partial charge is 0.338 e. The molecule has 0 atom stereocenters. The molecular weight excluding hydrogens is 388 g/mol. The third-order valence-electron chi connectivity index (χ3n) is 5.39. The molecule has 2 amide bonds. The van der Waals surface area contributed by atoms with Gasteiger partial charge < -0.3 is 9.80 Å². The Labute approximate surface area is 172 Å². The number of carbonyl (C=O) groups is 2. The average Bonchev–Trinajstić information content (AvgIpc) is 2.73. The lowest BCUT2D eigenvalue weighted by molar-refractivity contribution is -0.137. The Bertz CT molecular complexity index is 1010. The molecule has 2 aromatic carbocycles. The number of carbonyl (C=O) groups excluding carboxylic acids is 2. The van der Waals surface area contributed by atoms with E-state index >= 15 is 0 Å². The van der Waals surface area contributed by atoms with Gasteiger partial charge in [-0.1, -0.05) is 36.4 Å². The molecule has 0 aliphatic carbocycles. The van der Waals surface area contributed by atoms with E-state index in [-0.39, 0.29) is 16.7 Å². The first kappa shape index (κ1) is 21.0. The summed E-state index contributed by atoms with van der Waals surface area (Å²) in [5, 5.41) is 0. The van der Waals surface area contributed by atoms with Crippen LogP contribution >= 0.6 is 0 Å². The summed E-state index contributed by atoms with van der Waals surface area (Å²) in [4.78, 5) is 29.5. The van der Waals surface area contributed by atoms with Crippen molar-refractivity contribution in [3.8, 4) is 0 Å². The minimum absolute atomic E-state index is 0.0369. The van der Waals surface area contributed by atoms with Crippen LogP contribution in [0.25, 0.3) is 0 Å². The highest BCUT2D eigenvalue weighted by molar-refractivity contribution is 7.90. The molecule has 0 aromatic heterocycles. The molecule has 6 nitrogen and oxygen atoms in total. The summed E-state index contributed by atoms with van der Waals surface area (Å²) in [6.45, 7) is 5.56. The standard InChI is InChI=1S/C22H26N2O4S/c1-22(2,18-9-5-4-6-10-18)21(26)24-14-12-23(13-15-24)20(25)17-8-7-11-19(16-17)29(3,27)28/h4-11,16H,12-15H2,1-3H3. The quantitative estimate of drug-likeness (QED) is 0.770. The van der Waals surface area contributed by atoms with E-state index < -0.39 is 15.3 Å². The van der Waals surface area contributed by atoms with E-state index in [1.54, 1.807) is 21.9 Å². The van der Waals surface area contributed by atoms with Crippen LogP contribution in [0.3, 0.4) is 0 Å². The molecule has 7 heteroatoms. The zero-order valence-electron chi connectivity index (χ0n) is 17.0. The zero-order chi connectivity index (χ0) is 21.2. The van der Waals surface area contributed by atoms with Crippen LogP contribution in [0.2, 0.25) is 0 Å². The SMILES string of the molecule is CC(C)(C(=O)N1CCN(C(=O)c2cccc(S(C)(=O)=O)c2)CC1)c1ccccc1. The summed E-state index contributed by atoms with van der Waals surface area (Å²) in [6.07, 6.45) is 1.12. The number of nitrogens with zero attached hydrogens (tertiary/aromatic N) is 2. The van der Waals surface area contributed by atoms with Crippen molar-refractivity contribution in [3.63, 3.8) is 0 Å². The lowest BCUT2D eigenvalue weighted by atomic mass is 9.83. The third kappa shape index (κ3) is 4.50. The predicted octanol–water partition coefficient (Wildman–Crippen LogP) is 2.35. The second-order valence-corrected chi connectivity index (χ2v) is 9.89. The van der Waals surface area contributed by atoms with E-state index in [0.717, 1.165) is 11.8 Å². The van der Waals surface area contributed by atoms with Crippen LogP contribution in [0.1, 0.15) is 29.8 Å². The molecule has 1 heterocycles. The number of rotatable bonds is 4. The summed E-state index contributed by atoms with van der Waals surface area (Å²) < 4.78 is 23.5. The Morgan fingerprint density at radius 3 is 2.03 bits per heavy atom. The molecule has 154 valence electrons. The van der Waals surface area contributed by atoms with Crippen molar-refractivity contribution in [1.29, 1.82) is 0 Å². The molecule has 1 saturated heterocycles. The van der Waals surface area contributed by atoms with E-state index in [9.17, 15) is 18.0 Å². The number of hydrogen-bond acceptors (Lipinski definition) is 4. The molecule has 2 aromatic rings. The van der Waals surface area contributed by atoms with Crippen LogP contribution in [0.15, 0.2) is 59.5 Å². The van der Waals surface area contributed by atoms with Crippen LogP contribution in [-0.2, 0) is 20.0 Å². The fourth-order valence-electron chi connectivity index (χ4n) is 3.53. The smallest absolute Gasteiger partial charge is 0.254 e. The maximum absolute atomic E-state index is 13.1. The molecule has 0 N–H and O–H groups in total. The molecule has 0 spiro atoms. The maximum Gasteiger partial charge on any atom is 0.254 e. The minimum atomic E-state index is -3.38. The maximum atomic E-state index is 13.1. The first-order valence-corrected chi connectivity index (χ1v) is 11.4. The fourth-order valence-corrected chi connectivity index (χ4v) is 4.20. The van der Waals surface area contributed by atoms with Crippen molar-refractivity contribution in [2.75, 3.05) is 32.4 Å². The summed E-state index contributed by atoms with van der Waals surface area (Å²) in [5.41, 5.74) is 0.662. The third-order valence-corrected chi connectivity index (χ3v) is 6.50. The van der Waals surface area contributed by atoms with Gasteiger partial charge in [-0.25, -0.2) is 8.42 Å². The van der Waals surface area contributed by atoms with Crippen molar-refractivity contribution in [3.05, 3.63) is 65.7 Å². The number of benzene rings is 2.